The first-order valence-corrected chi connectivity index (χ1v) is 8.97. The summed E-state index contributed by atoms with van der Waals surface area (Å²) in [7, 11) is 1.41. The Balaban J connectivity index is 2.13. The van der Waals surface area contributed by atoms with Crippen LogP contribution in [0.2, 0.25) is 0 Å². The molecule has 130 valence electrons. The van der Waals surface area contributed by atoms with Gasteiger partial charge in [-0.2, -0.15) is 0 Å². The molecule has 4 heteroatoms. The van der Waals surface area contributed by atoms with Gasteiger partial charge in [-0.15, -0.1) is 0 Å². The number of carbonyl (C=O) groups is 1. The number of methoxy groups -OCH3 is 1. The van der Waals surface area contributed by atoms with Gasteiger partial charge < -0.3 is 14.4 Å². The molecule has 1 aromatic heterocycles. The van der Waals surface area contributed by atoms with Gasteiger partial charge in [0.15, 0.2) is 0 Å². The van der Waals surface area contributed by atoms with E-state index in [0.29, 0.717) is 11.6 Å². The van der Waals surface area contributed by atoms with Gasteiger partial charge in [-0.1, -0.05) is 43.5 Å². The summed E-state index contributed by atoms with van der Waals surface area (Å²) in [5, 5.41) is 13.1. The highest BCUT2D eigenvalue weighted by atomic mass is 16.5. The second-order valence-corrected chi connectivity index (χ2v) is 6.95. The van der Waals surface area contributed by atoms with E-state index >= 15 is 0 Å². The lowest BCUT2D eigenvalue weighted by atomic mass is 9.94. The van der Waals surface area contributed by atoms with Crippen LogP contribution in [-0.2, 0) is 4.74 Å². The van der Waals surface area contributed by atoms with Crippen molar-refractivity contribution in [2.45, 2.75) is 45.1 Å². The van der Waals surface area contributed by atoms with Gasteiger partial charge in [0.2, 0.25) is 0 Å². The highest BCUT2D eigenvalue weighted by Crippen LogP contribution is 2.41. The number of esters is 1. The SMILES string of the molecule is COC(=O)c1c(C)n(C2CCCCC2)c2c1cc(O)c1ccccc12. The molecule has 1 aliphatic carbocycles. The van der Waals surface area contributed by atoms with E-state index in [-0.39, 0.29) is 11.7 Å². The Morgan fingerprint density at radius 2 is 1.80 bits per heavy atom. The van der Waals surface area contributed by atoms with E-state index in [1.54, 1.807) is 6.07 Å². The summed E-state index contributed by atoms with van der Waals surface area (Å²) in [5.41, 5.74) is 2.55. The molecule has 1 aliphatic rings. The number of aromatic nitrogens is 1. The predicted molar refractivity (Wildman–Crippen MR) is 99.3 cm³/mol. The second-order valence-electron chi connectivity index (χ2n) is 6.95. The maximum absolute atomic E-state index is 12.5. The predicted octanol–water partition coefficient (Wildman–Crippen LogP) is 5.10. The van der Waals surface area contributed by atoms with Gasteiger partial charge in [-0.05, 0) is 25.8 Å². The van der Waals surface area contributed by atoms with E-state index < -0.39 is 0 Å². The first kappa shape index (κ1) is 16.0. The number of fused-ring (bicyclic) bond motifs is 3. The summed E-state index contributed by atoms with van der Waals surface area (Å²) in [6.45, 7) is 1.99. The fourth-order valence-corrected chi connectivity index (χ4v) is 4.43. The lowest BCUT2D eigenvalue weighted by Crippen LogP contribution is -2.15. The van der Waals surface area contributed by atoms with E-state index in [0.717, 1.165) is 40.2 Å². The van der Waals surface area contributed by atoms with Crippen LogP contribution in [0.4, 0.5) is 0 Å². The minimum Gasteiger partial charge on any atom is -0.507 e. The molecule has 0 aliphatic heterocycles. The Morgan fingerprint density at radius 1 is 1.12 bits per heavy atom. The molecule has 0 bridgehead atoms. The third-order valence-electron chi connectivity index (χ3n) is 5.56. The molecule has 4 rings (SSSR count). The number of aromatic hydroxyl groups is 1. The highest BCUT2D eigenvalue weighted by Gasteiger charge is 2.27. The molecule has 0 unspecified atom stereocenters. The van der Waals surface area contributed by atoms with Crippen LogP contribution in [0.15, 0.2) is 30.3 Å². The summed E-state index contributed by atoms with van der Waals surface area (Å²) in [6.07, 6.45) is 5.96. The molecule has 1 heterocycles. The minimum absolute atomic E-state index is 0.203. The Labute approximate surface area is 147 Å². The van der Waals surface area contributed by atoms with Gasteiger partial charge in [0.25, 0.3) is 0 Å². The van der Waals surface area contributed by atoms with Gasteiger partial charge in [0.1, 0.15) is 5.75 Å². The van der Waals surface area contributed by atoms with Gasteiger partial charge in [-0.25, -0.2) is 4.79 Å². The van der Waals surface area contributed by atoms with Crippen molar-refractivity contribution in [3.8, 4) is 5.75 Å². The van der Waals surface area contributed by atoms with Crippen LogP contribution in [0.1, 0.15) is 54.2 Å². The molecule has 1 fully saturated rings. The molecule has 0 spiro atoms. The zero-order chi connectivity index (χ0) is 17.6. The molecule has 1 saturated carbocycles. The van der Waals surface area contributed by atoms with Gasteiger partial charge in [0.05, 0.1) is 18.2 Å². The molecule has 1 N–H and O–H groups in total. The quantitative estimate of drug-likeness (QED) is 0.662. The average Bonchev–Trinajstić information content (AvgIpc) is 2.94. The van der Waals surface area contributed by atoms with Crippen LogP contribution in [0.3, 0.4) is 0 Å². The van der Waals surface area contributed by atoms with Crippen LogP contribution in [0.5, 0.6) is 5.75 Å². The smallest absolute Gasteiger partial charge is 0.340 e. The number of phenolic OH excluding ortho intramolecular Hbond substituents is 1. The minimum atomic E-state index is -0.341. The normalized spacial score (nSPS) is 15.8. The molecular formula is C21H23NO3. The molecule has 0 atom stereocenters. The van der Waals surface area contributed by atoms with Crippen LogP contribution in [-0.4, -0.2) is 22.8 Å². The van der Waals surface area contributed by atoms with Gasteiger partial charge in [0, 0.05) is 27.9 Å². The molecule has 4 nitrogen and oxygen atoms in total. The molecule has 2 aromatic carbocycles. The van der Waals surface area contributed by atoms with Crippen molar-refractivity contribution >= 4 is 27.6 Å². The number of nitrogens with zero attached hydrogens (tertiary/aromatic N) is 1. The van der Waals surface area contributed by atoms with E-state index in [1.165, 1.54) is 26.4 Å². The highest BCUT2D eigenvalue weighted by molar-refractivity contribution is 6.16. The third-order valence-corrected chi connectivity index (χ3v) is 5.56. The first-order chi connectivity index (χ1) is 12.1. The monoisotopic (exact) mass is 337 g/mol. The molecule has 0 radical (unpaired) electrons. The number of phenols is 1. The van der Waals surface area contributed by atoms with E-state index in [9.17, 15) is 9.90 Å². The third kappa shape index (κ3) is 2.39. The molecule has 0 saturated heterocycles. The van der Waals surface area contributed by atoms with Crippen molar-refractivity contribution in [1.82, 2.24) is 4.57 Å². The lowest BCUT2D eigenvalue weighted by Gasteiger charge is -2.26. The van der Waals surface area contributed by atoms with Crippen molar-refractivity contribution in [2.24, 2.45) is 0 Å². The van der Waals surface area contributed by atoms with Crippen molar-refractivity contribution in [2.75, 3.05) is 7.11 Å². The molecule has 3 aromatic rings. The summed E-state index contributed by atoms with van der Waals surface area (Å²) < 4.78 is 7.37. The summed E-state index contributed by atoms with van der Waals surface area (Å²) in [4.78, 5) is 12.5. The molecule has 25 heavy (non-hydrogen) atoms. The fraction of sp³-hybridized carbons (Fsp3) is 0.381. The van der Waals surface area contributed by atoms with Crippen LogP contribution < -0.4 is 0 Å². The number of hydrogen-bond donors (Lipinski definition) is 1. The summed E-state index contributed by atoms with van der Waals surface area (Å²) in [5.74, 6) is -0.138. The maximum Gasteiger partial charge on any atom is 0.340 e. The molecular weight excluding hydrogens is 314 g/mol. The topological polar surface area (TPSA) is 51.5 Å². The van der Waals surface area contributed by atoms with E-state index in [1.807, 2.05) is 31.2 Å². The van der Waals surface area contributed by atoms with Crippen LogP contribution in [0, 0.1) is 6.92 Å². The van der Waals surface area contributed by atoms with Crippen LogP contribution in [0.25, 0.3) is 21.7 Å². The van der Waals surface area contributed by atoms with E-state index in [2.05, 4.69) is 4.57 Å². The number of carbonyl (C=O) groups excluding carboxylic acids is 1. The Hall–Kier alpha value is -2.49. The zero-order valence-electron chi connectivity index (χ0n) is 14.7. The number of benzene rings is 2. The summed E-state index contributed by atoms with van der Waals surface area (Å²) in [6, 6.07) is 9.97. The average molecular weight is 337 g/mol. The number of hydrogen-bond acceptors (Lipinski definition) is 3. The second kappa shape index (κ2) is 6.10. The van der Waals surface area contributed by atoms with Crippen molar-refractivity contribution in [1.29, 1.82) is 0 Å². The standard InChI is InChI=1S/C21H23NO3/c1-13-19(21(24)25-2)17-12-18(23)15-10-6-7-11-16(15)20(17)22(13)14-8-4-3-5-9-14/h6-7,10-12,14,23H,3-5,8-9H2,1-2H3. The maximum atomic E-state index is 12.5. The van der Waals surface area contributed by atoms with Crippen molar-refractivity contribution in [3.05, 3.63) is 41.6 Å². The zero-order valence-corrected chi connectivity index (χ0v) is 14.7. The molecule has 0 amide bonds. The van der Waals surface area contributed by atoms with Gasteiger partial charge >= 0.3 is 5.97 Å². The largest absolute Gasteiger partial charge is 0.507 e. The van der Waals surface area contributed by atoms with Crippen molar-refractivity contribution in [3.63, 3.8) is 0 Å². The van der Waals surface area contributed by atoms with E-state index in [4.69, 9.17) is 4.74 Å². The summed E-state index contributed by atoms with van der Waals surface area (Å²) >= 11 is 0. The Morgan fingerprint density at radius 3 is 2.48 bits per heavy atom. The van der Waals surface area contributed by atoms with Crippen LogP contribution >= 0.6 is 0 Å². The van der Waals surface area contributed by atoms with Gasteiger partial charge in [-0.3, -0.25) is 0 Å². The fourth-order valence-electron chi connectivity index (χ4n) is 4.43. The Bertz CT molecular complexity index is 964. The number of rotatable bonds is 2. The Kier molecular flexibility index (Phi) is 3.91. The van der Waals surface area contributed by atoms with Crippen molar-refractivity contribution < 1.29 is 14.6 Å². The first-order valence-electron chi connectivity index (χ1n) is 8.97. The lowest BCUT2D eigenvalue weighted by molar-refractivity contribution is 0.0601. The number of ether oxygens (including phenoxy) is 1.